The lowest BCUT2D eigenvalue weighted by Crippen LogP contribution is -2.16. The van der Waals surface area contributed by atoms with E-state index in [0.717, 1.165) is 22.3 Å². The minimum atomic E-state index is -3.23. The second kappa shape index (κ2) is 7.55. The summed E-state index contributed by atoms with van der Waals surface area (Å²) in [4.78, 5) is 17.6. The molecule has 1 aromatic heterocycles. The van der Waals surface area contributed by atoms with E-state index in [1.165, 1.54) is 11.3 Å². The number of benzene rings is 2. The molecule has 1 amide bonds. The molecular weight excluding hydrogens is 368 g/mol. The maximum atomic E-state index is 12.4. The highest BCUT2D eigenvalue weighted by atomic mass is 32.2. The van der Waals surface area contributed by atoms with Crippen molar-refractivity contribution in [2.24, 2.45) is 4.99 Å². The normalized spacial score (nSPS) is 12.6. The van der Waals surface area contributed by atoms with Gasteiger partial charge in [0.1, 0.15) is 0 Å². The fraction of sp³-hybridized carbons (Fsp3) is 0.263. The third-order valence-corrected chi connectivity index (χ3v) is 6.95. The molecule has 0 fully saturated rings. The summed E-state index contributed by atoms with van der Waals surface area (Å²) in [6.07, 6.45) is 0.143. The number of hydrogen-bond acceptors (Lipinski definition) is 4. The van der Waals surface area contributed by atoms with Gasteiger partial charge in [-0.05, 0) is 36.8 Å². The number of nitrogens with zero attached hydrogens (tertiary/aromatic N) is 2. The summed E-state index contributed by atoms with van der Waals surface area (Å²) >= 11 is 1.49. The molecule has 3 aromatic rings. The zero-order valence-electron chi connectivity index (χ0n) is 14.7. The summed E-state index contributed by atoms with van der Waals surface area (Å²) < 4.78 is 26.8. The van der Waals surface area contributed by atoms with Gasteiger partial charge in [0.2, 0.25) is 0 Å². The van der Waals surface area contributed by atoms with Gasteiger partial charge in [0.25, 0.3) is 5.91 Å². The minimum Gasteiger partial charge on any atom is -0.317 e. The highest BCUT2D eigenvalue weighted by molar-refractivity contribution is 7.91. The number of rotatable bonds is 5. The van der Waals surface area contributed by atoms with Gasteiger partial charge in [-0.1, -0.05) is 42.5 Å². The summed E-state index contributed by atoms with van der Waals surface area (Å²) in [5.41, 5.74) is 1.82. The predicted octanol–water partition coefficient (Wildman–Crippen LogP) is 3.19. The van der Waals surface area contributed by atoms with Crippen LogP contribution in [0, 0.1) is 0 Å². The first-order valence-corrected chi connectivity index (χ1v) is 10.9. The van der Waals surface area contributed by atoms with Crippen LogP contribution in [0.25, 0.3) is 10.2 Å². The lowest BCUT2D eigenvalue weighted by Gasteiger charge is -2.03. The van der Waals surface area contributed by atoms with Gasteiger partial charge >= 0.3 is 0 Å². The average molecular weight is 389 g/mol. The zero-order valence-corrected chi connectivity index (χ0v) is 16.3. The molecule has 7 heteroatoms. The SMILES string of the molecule is CCn1c(=NC(=O)Cc2ccc(S(=O)(=O)CC)cc2)sc2ccccc21. The van der Waals surface area contributed by atoms with Gasteiger partial charge in [0, 0.05) is 6.54 Å². The Labute approximate surface area is 156 Å². The van der Waals surface area contributed by atoms with Gasteiger partial charge in [0.05, 0.1) is 27.3 Å². The lowest BCUT2D eigenvalue weighted by atomic mass is 10.1. The molecule has 0 aliphatic rings. The van der Waals surface area contributed by atoms with E-state index >= 15 is 0 Å². The number of fused-ring (bicyclic) bond motifs is 1. The van der Waals surface area contributed by atoms with E-state index in [9.17, 15) is 13.2 Å². The molecule has 5 nitrogen and oxygen atoms in total. The van der Waals surface area contributed by atoms with E-state index in [-0.39, 0.29) is 23.0 Å². The molecule has 2 aromatic carbocycles. The molecule has 0 aliphatic carbocycles. The Morgan fingerprint density at radius 1 is 1.08 bits per heavy atom. The Kier molecular flexibility index (Phi) is 5.38. The van der Waals surface area contributed by atoms with Crippen LogP contribution in [0.4, 0.5) is 0 Å². The Hall–Kier alpha value is -2.25. The Morgan fingerprint density at radius 3 is 2.42 bits per heavy atom. The summed E-state index contributed by atoms with van der Waals surface area (Å²) in [7, 11) is -3.23. The fourth-order valence-electron chi connectivity index (χ4n) is 2.71. The number of amides is 1. The average Bonchev–Trinajstić information content (AvgIpc) is 2.98. The van der Waals surface area contributed by atoms with Gasteiger partial charge in [0.15, 0.2) is 14.6 Å². The Bertz CT molecular complexity index is 1110. The number of aromatic nitrogens is 1. The summed E-state index contributed by atoms with van der Waals surface area (Å²) in [5.74, 6) is -0.186. The standard InChI is InChI=1S/C19H20N2O3S2/c1-3-21-16-7-5-6-8-17(16)25-19(21)20-18(22)13-14-9-11-15(12-10-14)26(23,24)4-2/h5-12H,3-4,13H2,1-2H3. The van der Waals surface area contributed by atoms with Crippen molar-refractivity contribution in [3.05, 3.63) is 58.9 Å². The van der Waals surface area contributed by atoms with Crippen LogP contribution in [0.3, 0.4) is 0 Å². The molecule has 26 heavy (non-hydrogen) atoms. The molecule has 0 aliphatic heterocycles. The third kappa shape index (κ3) is 3.78. The Balaban J connectivity index is 1.86. The van der Waals surface area contributed by atoms with Crippen molar-refractivity contribution < 1.29 is 13.2 Å². The van der Waals surface area contributed by atoms with Crippen molar-refractivity contribution >= 4 is 37.3 Å². The zero-order chi connectivity index (χ0) is 18.7. The van der Waals surface area contributed by atoms with Crippen LogP contribution in [0.5, 0.6) is 0 Å². The van der Waals surface area contributed by atoms with Crippen LogP contribution in [0.1, 0.15) is 19.4 Å². The first kappa shape index (κ1) is 18.5. The van der Waals surface area contributed by atoms with Crippen LogP contribution in [-0.4, -0.2) is 24.6 Å². The highest BCUT2D eigenvalue weighted by Gasteiger charge is 2.12. The van der Waals surface area contributed by atoms with Gasteiger partial charge < -0.3 is 4.57 Å². The number of carbonyl (C=O) groups excluding carboxylic acids is 1. The monoisotopic (exact) mass is 388 g/mol. The van der Waals surface area contributed by atoms with E-state index in [0.29, 0.717) is 4.80 Å². The molecule has 0 saturated heterocycles. The molecule has 3 rings (SSSR count). The van der Waals surface area contributed by atoms with E-state index in [4.69, 9.17) is 0 Å². The van der Waals surface area contributed by atoms with Crippen LogP contribution in [0.2, 0.25) is 0 Å². The van der Waals surface area contributed by atoms with Crippen LogP contribution in [-0.2, 0) is 27.6 Å². The molecule has 0 bridgehead atoms. The molecule has 1 heterocycles. The maximum absolute atomic E-state index is 12.4. The third-order valence-electron chi connectivity index (χ3n) is 4.14. The molecule has 0 saturated carbocycles. The van der Waals surface area contributed by atoms with Crippen molar-refractivity contribution in [1.82, 2.24) is 4.57 Å². The molecule has 0 N–H and O–H groups in total. The van der Waals surface area contributed by atoms with Crippen LogP contribution < -0.4 is 4.80 Å². The molecule has 0 unspecified atom stereocenters. The predicted molar refractivity (Wildman–Crippen MR) is 104 cm³/mol. The van der Waals surface area contributed by atoms with Gasteiger partial charge in [-0.25, -0.2) is 8.42 Å². The van der Waals surface area contributed by atoms with Gasteiger partial charge in [-0.3, -0.25) is 4.79 Å². The van der Waals surface area contributed by atoms with E-state index < -0.39 is 9.84 Å². The summed E-state index contributed by atoms with van der Waals surface area (Å²) in [5, 5.41) is 0. The quantitative estimate of drug-likeness (QED) is 0.674. The van der Waals surface area contributed by atoms with Crippen molar-refractivity contribution in [3.63, 3.8) is 0 Å². The second-order valence-corrected chi connectivity index (χ2v) is 9.11. The highest BCUT2D eigenvalue weighted by Crippen LogP contribution is 2.17. The summed E-state index contributed by atoms with van der Waals surface area (Å²) in [6.45, 7) is 4.37. The van der Waals surface area contributed by atoms with Crippen LogP contribution in [0.15, 0.2) is 58.4 Å². The lowest BCUT2D eigenvalue weighted by molar-refractivity contribution is -0.117. The smallest absolute Gasteiger partial charge is 0.252 e. The van der Waals surface area contributed by atoms with E-state index in [1.807, 2.05) is 35.8 Å². The first-order valence-electron chi connectivity index (χ1n) is 8.42. The number of aryl methyl sites for hydroxylation is 1. The molecule has 0 atom stereocenters. The molecular formula is C19H20N2O3S2. The number of para-hydroxylation sites is 1. The van der Waals surface area contributed by atoms with Crippen molar-refractivity contribution in [1.29, 1.82) is 0 Å². The number of hydrogen-bond donors (Lipinski definition) is 0. The van der Waals surface area contributed by atoms with E-state index in [1.54, 1.807) is 31.2 Å². The number of thiazole rings is 1. The van der Waals surface area contributed by atoms with E-state index in [2.05, 4.69) is 4.99 Å². The molecule has 0 radical (unpaired) electrons. The topological polar surface area (TPSA) is 68.5 Å². The molecule has 136 valence electrons. The number of carbonyl (C=O) groups is 1. The number of sulfone groups is 1. The molecule has 0 spiro atoms. The van der Waals surface area contributed by atoms with Crippen molar-refractivity contribution in [2.75, 3.05) is 5.75 Å². The second-order valence-electron chi connectivity index (χ2n) is 5.83. The van der Waals surface area contributed by atoms with Crippen molar-refractivity contribution in [3.8, 4) is 0 Å². The first-order chi connectivity index (χ1) is 12.4. The van der Waals surface area contributed by atoms with Crippen molar-refractivity contribution in [2.45, 2.75) is 31.7 Å². The van der Waals surface area contributed by atoms with Gasteiger partial charge in [-0.2, -0.15) is 4.99 Å². The van der Waals surface area contributed by atoms with Crippen LogP contribution >= 0.6 is 11.3 Å². The maximum Gasteiger partial charge on any atom is 0.252 e. The largest absolute Gasteiger partial charge is 0.317 e. The summed E-state index contributed by atoms with van der Waals surface area (Å²) in [6, 6.07) is 14.4. The Morgan fingerprint density at radius 2 is 1.77 bits per heavy atom. The minimum absolute atomic E-state index is 0.0591. The van der Waals surface area contributed by atoms with Gasteiger partial charge in [-0.15, -0.1) is 0 Å². The fourth-order valence-corrected chi connectivity index (χ4v) is 4.71.